The Labute approximate surface area is 168 Å². The molecule has 0 saturated heterocycles. The van der Waals surface area contributed by atoms with Crippen molar-refractivity contribution in [3.8, 4) is 0 Å². The van der Waals surface area contributed by atoms with Gasteiger partial charge in [0.2, 0.25) is 5.91 Å². The fourth-order valence-corrected chi connectivity index (χ4v) is 3.38. The van der Waals surface area contributed by atoms with Gasteiger partial charge in [-0.25, -0.2) is 4.39 Å². The molecule has 0 aliphatic carbocycles. The molecule has 2 aromatic carbocycles. The minimum Gasteiger partial charge on any atom is -0.384 e. The average molecular weight is 388 g/mol. The number of benzene rings is 2. The number of nitrogens with one attached hydrogen (secondary N) is 2. The lowest BCUT2D eigenvalue weighted by atomic mass is 10.0. The normalized spacial score (nSPS) is 15.4. The van der Waals surface area contributed by atoms with Crippen LogP contribution in [0, 0.1) is 12.7 Å². The molecule has 6 heteroatoms. The third kappa shape index (κ3) is 4.32. The van der Waals surface area contributed by atoms with E-state index in [1.807, 2.05) is 37.4 Å². The number of hydrogen-bond acceptors (Lipinski definition) is 4. The van der Waals surface area contributed by atoms with E-state index in [0.29, 0.717) is 11.3 Å². The quantitative estimate of drug-likeness (QED) is 0.606. The summed E-state index contributed by atoms with van der Waals surface area (Å²) >= 11 is 0. The van der Waals surface area contributed by atoms with E-state index >= 15 is 0 Å². The monoisotopic (exact) mass is 388 g/mol. The van der Waals surface area contributed by atoms with Crippen molar-refractivity contribution in [1.29, 1.82) is 0 Å². The maximum absolute atomic E-state index is 13.5. The van der Waals surface area contributed by atoms with Gasteiger partial charge in [-0.15, -0.1) is 0 Å². The largest absolute Gasteiger partial charge is 0.384 e. The van der Waals surface area contributed by atoms with Gasteiger partial charge in [-0.05, 0) is 72.5 Å². The molecule has 0 spiro atoms. The number of aromatic nitrogens is 1. The van der Waals surface area contributed by atoms with Crippen LogP contribution in [0.25, 0.3) is 0 Å². The highest BCUT2D eigenvalue weighted by atomic mass is 19.1. The molecule has 29 heavy (non-hydrogen) atoms. The minimum atomic E-state index is -0.585. The van der Waals surface area contributed by atoms with E-state index in [1.54, 1.807) is 18.5 Å². The second kappa shape index (κ2) is 8.22. The zero-order valence-corrected chi connectivity index (χ0v) is 16.0. The number of nitrogens with zero attached hydrogens (tertiary/aromatic N) is 2. The van der Waals surface area contributed by atoms with Crippen molar-refractivity contribution in [3.05, 3.63) is 83.4 Å². The summed E-state index contributed by atoms with van der Waals surface area (Å²) in [4.78, 5) is 20.8. The summed E-state index contributed by atoms with van der Waals surface area (Å²) in [5.41, 5.74) is 5.29. The third-order valence-corrected chi connectivity index (χ3v) is 4.92. The van der Waals surface area contributed by atoms with Gasteiger partial charge in [0.15, 0.2) is 0 Å². The number of rotatable bonds is 6. The molecule has 0 saturated carbocycles. The highest BCUT2D eigenvalue weighted by Gasteiger charge is 2.29. The predicted octanol–water partition coefficient (Wildman–Crippen LogP) is 4.62. The fraction of sp³-hybridized carbons (Fsp3) is 0.174. The predicted molar refractivity (Wildman–Crippen MR) is 114 cm³/mol. The molecular weight excluding hydrogens is 367 g/mol. The standard InChI is InChI=1S/C23H21FN4O/c1-15-11-18(5-7-21(15)26-10-8-16-3-2-9-25-13-16)27-14-20-19-12-17(24)4-6-22(19)28-23(20)29/h2-7,9,11-14,20,26H,8,10H2,1H3,(H,28,29). The lowest BCUT2D eigenvalue weighted by Crippen LogP contribution is -2.12. The molecule has 1 amide bonds. The van der Waals surface area contributed by atoms with Gasteiger partial charge in [-0.1, -0.05) is 6.07 Å². The topological polar surface area (TPSA) is 66.4 Å². The first-order chi connectivity index (χ1) is 14.1. The van der Waals surface area contributed by atoms with Crippen LogP contribution in [0.4, 0.5) is 21.5 Å². The summed E-state index contributed by atoms with van der Waals surface area (Å²) in [6.45, 7) is 2.82. The van der Waals surface area contributed by atoms with Crippen molar-refractivity contribution < 1.29 is 9.18 Å². The van der Waals surface area contributed by atoms with Crippen LogP contribution >= 0.6 is 0 Å². The SMILES string of the molecule is Cc1cc(N=CC2C(=O)Nc3ccc(F)cc32)ccc1NCCc1cccnc1. The Morgan fingerprint density at radius 1 is 1.24 bits per heavy atom. The van der Waals surface area contributed by atoms with Crippen molar-refractivity contribution in [2.24, 2.45) is 4.99 Å². The number of fused-ring (bicyclic) bond motifs is 1. The summed E-state index contributed by atoms with van der Waals surface area (Å²) in [6, 6.07) is 14.1. The summed E-state index contributed by atoms with van der Waals surface area (Å²) in [6.07, 6.45) is 6.10. The molecular formula is C23H21FN4O. The first-order valence-corrected chi connectivity index (χ1v) is 9.48. The van der Waals surface area contributed by atoms with Crippen molar-refractivity contribution in [3.63, 3.8) is 0 Å². The molecule has 0 bridgehead atoms. The fourth-order valence-electron chi connectivity index (χ4n) is 3.38. The number of carbonyl (C=O) groups excluding carboxylic acids is 1. The number of pyridine rings is 1. The van der Waals surface area contributed by atoms with E-state index in [4.69, 9.17) is 0 Å². The first-order valence-electron chi connectivity index (χ1n) is 9.48. The average Bonchev–Trinajstić information content (AvgIpc) is 3.03. The lowest BCUT2D eigenvalue weighted by Gasteiger charge is -2.10. The molecule has 146 valence electrons. The van der Waals surface area contributed by atoms with E-state index in [0.717, 1.165) is 29.9 Å². The number of aliphatic imine (C=N–C) groups is 1. The molecule has 5 nitrogen and oxygen atoms in total. The lowest BCUT2D eigenvalue weighted by molar-refractivity contribution is -0.115. The second-order valence-corrected chi connectivity index (χ2v) is 7.01. The van der Waals surface area contributed by atoms with Crippen LogP contribution in [0.1, 0.15) is 22.6 Å². The van der Waals surface area contributed by atoms with E-state index < -0.39 is 5.92 Å². The Kier molecular flexibility index (Phi) is 5.33. The molecule has 4 rings (SSSR count). The minimum absolute atomic E-state index is 0.195. The van der Waals surface area contributed by atoms with Crippen molar-refractivity contribution in [2.45, 2.75) is 19.3 Å². The summed E-state index contributed by atoms with van der Waals surface area (Å²) in [5.74, 6) is -1.14. The zero-order valence-electron chi connectivity index (χ0n) is 16.0. The Balaban J connectivity index is 1.42. The maximum atomic E-state index is 13.5. The molecule has 0 radical (unpaired) electrons. The molecule has 1 aliphatic rings. The van der Waals surface area contributed by atoms with Crippen molar-refractivity contribution >= 4 is 29.2 Å². The van der Waals surface area contributed by atoms with Gasteiger partial charge in [0.1, 0.15) is 11.7 Å². The zero-order chi connectivity index (χ0) is 20.2. The second-order valence-electron chi connectivity index (χ2n) is 7.01. The number of amides is 1. The van der Waals surface area contributed by atoms with Crippen molar-refractivity contribution in [1.82, 2.24) is 4.98 Å². The highest BCUT2D eigenvalue weighted by molar-refractivity contribution is 6.12. The Bertz CT molecular complexity index is 1070. The van der Waals surface area contributed by atoms with Crippen LogP contribution in [0.5, 0.6) is 0 Å². The van der Waals surface area contributed by atoms with Gasteiger partial charge in [-0.3, -0.25) is 14.8 Å². The van der Waals surface area contributed by atoms with Crippen LogP contribution in [-0.2, 0) is 11.2 Å². The molecule has 1 aliphatic heterocycles. The van der Waals surface area contributed by atoms with Gasteiger partial charge in [0.25, 0.3) is 0 Å². The summed E-state index contributed by atoms with van der Waals surface area (Å²) in [7, 11) is 0. The molecule has 0 fully saturated rings. The highest BCUT2D eigenvalue weighted by Crippen LogP contribution is 2.32. The first kappa shape index (κ1) is 18.8. The van der Waals surface area contributed by atoms with Crippen LogP contribution in [0.2, 0.25) is 0 Å². The summed E-state index contributed by atoms with van der Waals surface area (Å²) in [5, 5.41) is 6.18. The molecule has 3 aromatic rings. The van der Waals surface area contributed by atoms with E-state index in [1.165, 1.54) is 17.7 Å². The van der Waals surface area contributed by atoms with Crippen LogP contribution < -0.4 is 10.6 Å². The van der Waals surface area contributed by atoms with Gasteiger partial charge >= 0.3 is 0 Å². The third-order valence-electron chi connectivity index (χ3n) is 4.92. The van der Waals surface area contributed by atoms with Gasteiger partial charge in [-0.2, -0.15) is 0 Å². The molecule has 2 heterocycles. The van der Waals surface area contributed by atoms with Gasteiger partial charge in [0.05, 0.1) is 5.69 Å². The number of hydrogen-bond donors (Lipinski definition) is 2. The van der Waals surface area contributed by atoms with E-state index in [-0.39, 0.29) is 11.7 Å². The molecule has 1 aromatic heterocycles. The number of anilines is 2. The van der Waals surface area contributed by atoms with Gasteiger partial charge < -0.3 is 10.6 Å². The van der Waals surface area contributed by atoms with Crippen LogP contribution in [-0.4, -0.2) is 23.7 Å². The van der Waals surface area contributed by atoms with Gasteiger partial charge in [0, 0.05) is 36.5 Å². The summed E-state index contributed by atoms with van der Waals surface area (Å²) < 4.78 is 13.5. The number of halogens is 1. The Morgan fingerprint density at radius 3 is 2.93 bits per heavy atom. The molecule has 1 atom stereocenters. The molecule has 1 unspecified atom stereocenters. The van der Waals surface area contributed by atoms with E-state index in [9.17, 15) is 9.18 Å². The number of aryl methyl sites for hydroxylation is 1. The van der Waals surface area contributed by atoms with E-state index in [2.05, 4.69) is 26.7 Å². The Morgan fingerprint density at radius 2 is 2.14 bits per heavy atom. The number of carbonyl (C=O) groups is 1. The van der Waals surface area contributed by atoms with Crippen LogP contribution in [0.3, 0.4) is 0 Å². The maximum Gasteiger partial charge on any atom is 0.237 e. The molecule has 2 N–H and O–H groups in total. The van der Waals surface area contributed by atoms with Crippen molar-refractivity contribution in [2.75, 3.05) is 17.2 Å². The smallest absolute Gasteiger partial charge is 0.237 e. The van der Waals surface area contributed by atoms with Crippen LogP contribution in [0.15, 0.2) is 65.9 Å². The Hall–Kier alpha value is -3.54.